The third-order valence-electron chi connectivity index (χ3n) is 4.79. The lowest BCUT2D eigenvalue weighted by Crippen LogP contribution is -2.31. The molecule has 6 heteroatoms. The number of allylic oxidation sites excluding steroid dienone is 1. The highest BCUT2D eigenvalue weighted by atomic mass is 32.2. The molecule has 0 saturated heterocycles. The predicted octanol–water partition coefficient (Wildman–Crippen LogP) is 2.98. The molecule has 0 bridgehead atoms. The first kappa shape index (κ1) is 16.4. The van der Waals surface area contributed by atoms with Gasteiger partial charge >= 0.3 is 0 Å². The van der Waals surface area contributed by atoms with E-state index in [4.69, 9.17) is 5.21 Å². The Bertz CT molecular complexity index is 855. The summed E-state index contributed by atoms with van der Waals surface area (Å²) in [4.78, 5) is 18.5. The second kappa shape index (κ2) is 7.07. The van der Waals surface area contributed by atoms with Gasteiger partial charge in [0.15, 0.2) is 0 Å². The highest BCUT2D eigenvalue weighted by molar-refractivity contribution is 8.04. The van der Waals surface area contributed by atoms with Gasteiger partial charge in [0.1, 0.15) is 0 Å². The number of hydrogen-bond donors (Lipinski definition) is 3. The molecule has 2 aliphatic rings. The van der Waals surface area contributed by atoms with Gasteiger partial charge in [-0.1, -0.05) is 30.4 Å². The molecule has 0 radical (unpaired) electrons. The van der Waals surface area contributed by atoms with E-state index in [2.05, 4.69) is 40.2 Å². The van der Waals surface area contributed by atoms with Crippen molar-refractivity contribution < 1.29 is 10.0 Å². The van der Waals surface area contributed by atoms with Crippen LogP contribution in [-0.4, -0.2) is 39.3 Å². The van der Waals surface area contributed by atoms with Crippen molar-refractivity contribution in [2.75, 3.05) is 13.1 Å². The Balaban J connectivity index is 1.37. The van der Waals surface area contributed by atoms with E-state index in [-0.39, 0.29) is 5.25 Å². The zero-order valence-corrected chi connectivity index (χ0v) is 14.7. The molecular formula is C19H21N3O2S. The highest BCUT2D eigenvalue weighted by Gasteiger charge is 2.23. The number of hydrogen-bond acceptors (Lipinski definition) is 4. The molecule has 1 unspecified atom stereocenters. The van der Waals surface area contributed by atoms with Crippen LogP contribution in [0.2, 0.25) is 0 Å². The molecule has 0 saturated carbocycles. The average molecular weight is 355 g/mol. The number of nitrogens with one attached hydrogen (secondary N) is 2. The van der Waals surface area contributed by atoms with Gasteiger partial charge in [-0.3, -0.25) is 14.9 Å². The van der Waals surface area contributed by atoms with Crippen molar-refractivity contribution in [2.24, 2.45) is 0 Å². The second-order valence-electron chi connectivity index (χ2n) is 6.49. The third-order valence-corrected chi connectivity index (χ3v) is 6.05. The van der Waals surface area contributed by atoms with Gasteiger partial charge < -0.3 is 4.98 Å². The van der Waals surface area contributed by atoms with E-state index in [1.54, 1.807) is 17.2 Å². The van der Waals surface area contributed by atoms with Gasteiger partial charge in [-0.2, -0.15) is 0 Å². The van der Waals surface area contributed by atoms with Crippen LogP contribution in [0.1, 0.15) is 17.7 Å². The van der Waals surface area contributed by atoms with Crippen LogP contribution < -0.4 is 5.48 Å². The first-order chi connectivity index (χ1) is 12.2. The summed E-state index contributed by atoms with van der Waals surface area (Å²) in [5.74, 6) is -0.476. The minimum atomic E-state index is -0.476. The van der Waals surface area contributed by atoms with Crippen molar-refractivity contribution in [3.8, 4) is 0 Å². The van der Waals surface area contributed by atoms with Gasteiger partial charge in [0.05, 0.1) is 0 Å². The number of thioether (sulfide) groups is 1. The van der Waals surface area contributed by atoms with Crippen LogP contribution >= 0.6 is 11.8 Å². The van der Waals surface area contributed by atoms with Crippen LogP contribution in [0.15, 0.2) is 47.4 Å². The van der Waals surface area contributed by atoms with Crippen LogP contribution in [0.4, 0.5) is 0 Å². The van der Waals surface area contributed by atoms with Crippen molar-refractivity contribution in [1.82, 2.24) is 15.4 Å². The zero-order valence-electron chi connectivity index (χ0n) is 13.9. The van der Waals surface area contributed by atoms with E-state index in [9.17, 15) is 4.79 Å². The Kier molecular flexibility index (Phi) is 4.65. The van der Waals surface area contributed by atoms with Crippen molar-refractivity contribution in [2.45, 2.75) is 24.6 Å². The molecule has 1 atom stereocenters. The van der Waals surface area contributed by atoms with Crippen molar-refractivity contribution >= 4 is 28.6 Å². The van der Waals surface area contributed by atoms with Crippen LogP contribution in [0.5, 0.6) is 0 Å². The smallest absolute Gasteiger partial charge is 0.267 e. The molecule has 0 fully saturated rings. The van der Waals surface area contributed by atoms with Crippen LogP contribution in [0.3, 0.4) is 0 Å². The largest absolute Gasteiger partial charge is 0.357 e. The topological polar surface area (TPSA) is 68.4 Å². The third kappa shape index (κ3) is 3.51. The van der Waals surface area contributed by atoms with Crippen LogP contribution in [-0.2, 0) is 17.8 Å². The molecule has 3 heterocycles. The van der Waals surface area contributed by atoms with Crippen LogP contribution in [0.25, 0.3) is 10.9 Å². The molecule has 130 valence electrons. The summed E-state index contributed by atoms with van der Waals surface area (Å²) >= 11 is 1.80. The number of H-pyrrole nitrogens is 1. The lowest BCUT2D eigenvalue weighted by Gasteiger charge is -2.27. The number of benzene rings is 1. The van der Waals surface area contributed by atoms with Crippen molar-refractivity contribution in [3.05, 3.63) is 58.7 Å². The number of rotatable bonds is 4. The molecule has 5 nitrogen and oxygen atoms in total. The van der Waals surface area contributed by atoms with Crippen molar-refractivity contribution in [1.29, 1.82) is 0 Å². The summed E-state index contributed by atoms with van der Waals surface area (Å²) in [6.45, 7) is 2.98. The zero-order chi connectivity index (χ0) is 17.2. The van der Waals surface area contributed by atoms with E-state index >= 15 is 0 Å². The second-order valence-corrected chi connectivity index (χ2v) is 7.85. The maximum Gasteiger partial charge on any atom is 0.267 e. The molecule has 2 aliphatic heterocycles. The molecule has 0 spiro atoms. The monoisotopic (exact) mass is 355 g/mol. The summed E-state index contributed by atoms with van der Waals surface area (Å²) in [5.41, 5.74) is 5.66. The molecule has 1 aromatic heterocycles. The Morgan fingerprint density at radius 2 is 2.32 bits per heavy atom. The molecule has 3 N–H and O–H groups in total. The Labute approximate surface area is 150 Å². The molecule has 25 heavy (non-hydrogen) atoms. The van der Waals surface area contributed by atoms with Gasteiger partial charge in [0.25, 0.3) is 5.91 Å². The lowest BCUT2D eigenvalue weighted by atomic mass is 10.0. The fraction of sp³-hybridized carbons (Fsp3) is 0.316. The number of carbonyl (C=O) groups is 1. The van der Waals surface area contributed by atoms with Crippen LogP contribution in [0, 0.1) is 0 Å². The number of nitrogens with zero attached hydrogens (tertiary/aromatic N) is 1. The normalized spacial score (nSPS) is 20.8. The Morgan fingerprint density at radius 1 is 1.44 bits per heavy atom. The number of para-hydroxylation sites is 1. The number of carbonyl (C=O) groups excluding carboxylic acids is 1. The van der Waals surface area contributed by atoms with Gasteiger partial charge in [-0.15, -0.1) is 11.8 Å². The summed E-state index contributed by atoms with van der Waals surface area (Å²) in [7, 11) is 0. The quantitative estimate of drug-likeness (QED) is 0.448. The summed E-state index contributed by atoms with van der Waals surface area (Å²) in [6.07, 6.45) is 7.52. The Hall–Kier alpha value is -2.02. The standard InChI is InChI=1S/C19H21N3O2S/c23-19(21-24)8-7-13-5-6-14(25-13)11-22-10-9-16-15-3-1-2-4-17(15)20-18(16)12-22/h1-4,6-8,13,20,24H,5,9-12H2,(H,21,23)/b8-7+. The molecule has 4 rings (SSSR count). The average Bonchev–Trinajstić information content (AvgIpc) is 3.23. The first-order valence-electron chi connectivity index (χ1n) is 8.51. The fourth-order valence-corrected chi connectivity index (χ4v) is 4.78. The molecule has 1 amide bonds. The predicted molar refractivity (Wildman–Crippen MR) is 100 cm³/mol. The van der Waals surface area contributed by atoms with E-state index < -0.39 is 5.91 Å². The lowest BCUT2D eigenvalue weighted by molar-refractivity contribution is -0.124. The first-order valence-corrected chi connectivity index (χ1v) is 9.39. The molecule has 2 aromatic rings. The number of amides is 1. The minimum Gasteiger partial charge on any atom is -0.357 e. The van der Waals surface area contributed by atoms with Crippen molar-refractivity contribution in [3.63, 3.8) is 0 Å². The number of hydroxylamine groups is 1. The number of aromatic amines is 1. The van der Waals surface area contributed by atoms with Gasteiger partial charge in [0, 0.05) is 47.6 Å². The van der Waals surface area contributed by atoms with E-state index in [0.29, 0.717) is 0 Å². The molecular weight excluding hydrogens is 334 g/mol. The number of fused-ring (bicyclic) bond motifs is 3. The SMILES string of the molecule is O=C(/C=C/C1CC=C(CN2CCc3c([nH]c4ccccc34)C2)S1)NO. The minimum absolute atomic E-state index is 0.278. The Morgan fingerprint density at radius 3 is 3.20 bits per heavy atom. The fourth-order valence-electron chi connectivity index (χ4n) is 3.59. The molecule has 0 aliphatic carbocycles. The van der Waals surface area contributed by atoms with E-state index in [1.807, 2.05) is 6.08 Å². The highest BCUT2D eigenvalue weighted by Crippen LogP contribution is 2.35. The van der Waals surface area contributed by atoms with Gasteiger partial charge in [-0.25, -0.2) is 5.48 Å². The van der Waals surface area contributed by atoms with Gasteiger partial charge in [-0.05, 0) is 29.4 Å². The number of aromatic nitrogens is 1. The summed E-state index contributed by atoms with van der Waals surface area (Å²) < 4.78 is 0. The summed E-state index contributed by atoms with van der Waals surface area (Å²) in [6, 6.07) is 8.53. The maximum atomic E-state index is 11.1. The molecule has 1 aromatic carbocycles. The van der Waals surface area contributed by atoms with E-state index in [0.717, 1.165) is 32.5 Å². The summed E-state index contributed by atoms with van der Waals surface area (Å²) in [5, 5.41) is 10.2. The van der Waals surface area contributed by atoms with E-state index in [1.165, 1.54) is 33.1 Å². The van der Waals surface area contributed by atoms with Gasteiger partial charge in [0.2, 0.25) is 0 Å². The maximum absolute atomic E-state index is 11.1.